The zero-order chi connectivity index (χ0) is 16.2. The maximum Gasteiger partial charge on any atom is 0.119 e. The number of ether oxygens (including phenoxy) is 1. The zero-order valence-electron chi connectivity index (χ0n) is 13.8. The van der Waals surface area contributed by atoms with E-state index in [1.807, 2.05) is 12.1 Å². The van der Waals surface area contributed by atoms with E-state index in [1.165, 1.54) is 43.2 Å². The van der Waals surface area contributed by atoms with Gasteiger partial charge in [0.05, 0.1) is 6.61 Å². The van der Waals surface area contributed by atoms with Gasteiger partial charge in [-0.25, -0.2) is 0 Å². The second-order valence-corrected chi connectivity index (χ2v) is 6.28. The zero-order valence-corrected chi connectivity index (χ0v) is 14.6. The summed E-state index contributed by atoms with van der Waals surface area (Å²) in [4.78, 5) is 0. The molecule has 0 atom stereocenters. The van der Waals surface area contributed by atoms with Crippen LogP contribution in [0.4, 0.5) is 0 Å². The molecule has 124 valence electrons. The summed E-state index contributed by atoms with van der Waals surface area (Å²) in [5.74, 6) is 1.77. The highest BCUT2D eigenvalue weighted by Crippen LogP contribution is 2.23. The molecule has 0 aliphatic carbocycles. The first kappa shape index (κ1) is 17.9. The van der Waals surface area contributed by atoms with Crippen molar-refractivity contribution >= 4 is 11.6 Å². The van der Waals surface area contributed by atoms with E-state index >= 15 is 0 Å². The summed E-state index contributed by atoms with van der Waals surface area (Å²) in [7, 11) is 0. The van der Waals surface area contributed by atoms with Crippen molar-refractivity contribution in [3.8, 4) is 16.9 Å². The third-order valence-corrected chi connectivity index (χ3v) is 4.26. The van der Waals surface area contributed by atoms with Gasteiger partial charge in [-0.3, -0.25) is 0 Å². The number of halogens is 1. The normalized spacial score (nSPS) is 10.7. The van der Waals surface area contributed by atoms with Crippen LogP contribution in [0.5, 0.6) is 5.75 Å². The average molecular weight is 331 g/mol. The summed E-state index contributed by atoms with van der Waals surface area (Å²) >= 11 is 5.67. The summed E-state index contributed by atoms with van der Waals surface area (Å²) in [5.41, 5.74) is 2.44. The second-order valence-electron chi connectivity index (χ2n) is 5.91. The van der Waals surface area contributed by atoms with Gasteiger partial charge in [-0.15, -0.1) is 11.6 Å². The van der Waals surface area contributed by atoms with Crippen molar-refractivity contribution in [2.24, 2.45) is 0 Å². The molecular formula is C21H27ClO. The van der Waals surface area contributed by atoms with Crippen LogP contribution >= 0.6 is 11.6 Å². The molecule has 1 nitrogen and oxygen atoms in total. The van der Waals surface area contributed by atoms with Crippen LogP contribution in [0.1, 0.15) is 44.9 Å². The van der Waals surface area contributed by atoms with Crippen molar-refractivity contribution in [2.45, 2.75) is 44.9 Å². The second kappa shape index (κ2) is 11.1. The lowest BCUT2D eigenvalue weighted by Crippen LogP contribution is -1.97. The molecule has 0 spiro atoms. The standard InChI is InChI=1S/C21H27ClO/c22-16-9-4-2-1-3-5-10-17-23-21-15-11-14-20(18-21)19-12-7-6-8-13-19/h6-8,11-15,18H,1-5,9-10,16-17H2. The summed E-state index contributed by atoms with van der Waals surface area (Å²) < 4.78 is 5.90. The molecular weight excluding hydrogens is 304 g/mol. The Morgan fingerprint density at radius 3 is 2.04 bits per heavy atom. The van der Waals surface area contributed by atoms with Crippen LogP contribution in [-0.2, 0) is 0 Å². The van der Waals surface area contributed by atoms with Gasteiger partial charge in [-0.1, -0.05) is 74.6 Å². The SMILES string of the molecule is ClCCCCCCCCCOc1cccc(-c2ccccc2)c1. The smallest absolute Gasteiger partial charge is 0.119 e. The molecule has 0 fully saturated rings. The van der Waals surface area contributed by atoms with Gasteiger partial charge < -0.3 is 4.74 Å². The molecule has 2 aromatic rings. The molecule has 0 bridgehead atoms. The van der Waals surface area contributed by atoms with Gasteiger partial charge in [-0.2, -0.15) is 0 Å². The quantitative estimate of drug-likeness (QED) is 0.329. The van der Waals surface area contributed by atoms with E-state index in [-0.39, 0.29) is 0 Å². The number of hydrogen-bond donors (Lipinski definition) is 0. The molecule has 0 unspecified atom stereocenters. The van der Waals surface area contributed by atoms with Crippen molar-refractivity contribution in [1.82, 2.24) is 0 Å². The lowest BCUT2D eigenvalue weighted by Gasteiger charge is -2.08. The molecule has 0 aromatic heterocycles. The minimum atomic E-state index is 0.801. The minimum absolute atomic E-state index is 0.801. The van der Waals surface area contributed by atoms with Gasteiger partial charge in [0.2, 0.25) is 0 Å². The Hall–Kier alpha value is -1.47. The van der Waals surface area contributed by atoms with Crippen LogP contribution in [0, 0.1) is 0 Å². The largest absolute Gasteiger partial charge is 0.494 e. The van der Waals surface area contributed by atoms with E-state index in [9.17, 15) is 0 Å². The predicted octanol–water partition coefficient (Wildman–Crippen LogP) is 6.70. The number of rotatable bonds is 11. The molecule has 2 heteroatoms. The molecule has 0 aliphatic rings. The van der Waals surface area contributed by atoms with E-state index in [1.54, 1.807) is 0 Å². The van der Waals surface area contributed by atoms with E-state index in [0.717, 1.165) is 31.1 Å². The van der Waals surface area contributed by atoms with E-state index < -0.39 is 0 Å². The van der Waals surface area contributed by atoms with Crippen LogP contribution in [0.25, 0.3) is 11.1 Å². The van der Waals surface area contributed by atoms with Crippen LogP contribution in [0.2, 0.25) is 0 Å². The van der Waals surface area contributed by atoms with Gasteiger partial charge >= 0.3 is 0 Å². The highest BCUT2D eigenvalue weighted by atomic mass is 35.5. The van der Waals surface area contributed by atoms with E-state index in [4.69, 9.17) is 16.3 Å². The molecule has 2 aromatic carbocycles. The van der Waals surface area contributed by atoms with E-state index in [0.29, 0.717) is 0 Å². The Labute approximate surface area is 145 Å². The molecule has 0 aliphatic heterocycles. The van der Waals surface area contributed by atoms with Gasteiger partial charge in [-0.05, 0) is 36.1 Å². The highest BCUT2D eigenvalue weighted by molar-refractivity contribution is 6.17. The number of alkyl halides is 1. The van der Waals surface area contributed by atoms with Crippen LogP contribution < -0.4 is 4.74 Å². The Kier molecular flexibility index (Phi) is 8.65. The first-order valence-electron chi connectivity index (χ1n) is 8.74. The molecule has 0 saturated carbocycles. The third kappa shape index (κ3) is 7.09. The Bertz CT molecular complexity index is 539. The molecule has 0 saturated heterocycles. The van der Waals surface area contributed by atoms with Crippen molar-refractivity contribution in [2.75, 3.05) is 12.5 Å². The molecule has 0 heterocycles. The van der Waals surface area contributed by atoms with Crippen molar-refractivity contribution in [3.05, 3.63) is 54.6 Å². The van der Waals surface area contributed by atoms with Crippen molar-refractivity contribution < 1.29 is 4.74 Å². The van der Waals surface area contributed by atoms with Crippen LogP contribution in [0.3, 0.4) is 0 Å². The fourth-order valence-electron chi connectivity index (χ4n) is 2.67. The molecule has 0 N–H and O–H groups in total. The highest BCUT2D eigenvalue weighted by Gasteiger charge is 1.99. The fourth-order valence-corrected chi connectivity index (χ4v) is 2.86. The van der Waals surface area contributed by atoms with Gasteiger partial charge in [0.15, 0.2) is 0 Å². The molecule has 0 amide bonds. The number of unbranched alkanes of at least 4 members (excludes halogenated alkanes) is 6. The van der Waals surface area contributed by atoms with Gasteiger partial charge in [0.25, 0.3) is 0 Å². The predicted molar refractivity (Wildman–Crippen MR) is 100 cm³/mol. The maximum atomic E-state index is 5.90. The van der Waals surface area contributed by atoms with Gasteiger partial charge in [0.1, 0.15) is 5.75 Å². The summed E-state index contributed by atoms with van der Waals surface area (Å²) in [6.45, 7) is 0.805. The Balaban J connectivity index is 1.65. The van der Waals surface area contributed by atoms with Crippen LogP contribution in [0.15, 0.2) is 54.6 Å². The number of hydrogen-bond acceptors (Lipinski definition) is 1. The lowest BCUT2D eigenvalue weighted by molar-refractivity contribution is 0.304. The lowest BCUT2D eigenvalue weighted by atomic mass is 10.1. The average Bonchev–Trinajstić information content (AvgIpc) is 2.61. The molecule has 2 rings (SSSR count). The Morgan fingerprint density at radius 2 is 1.30 bits per heavy atom. The maximum absolute atomic E-state index is 5.90. The summed E-state index contributed by atoms with van der Waals surface area (Å²) in [6, 6.07) is 18.8. The Morgan fingerprint density at radius 1 is 0.652 bits per heavy atom. The summed E-state index contributed by atoms with van der Waals surface area (Å²) in [5, 5.41) is 0. The monoisotopic (exact) mass is 330 g/mol. The van der Waals surface area contributed by atoms with Crippen LogP contribution in [-0.4, -0.2) is 12.5 Å². The number of benzene rings is 2. The first-order chi connectivity index (χ1) is 11.4. The third-order valence-electron chi connectivity index (χ3n) is 3.99. The minimum Gasteiger partial charge on any atom is -0.494 e. The fraction of sp³-hybridized carbons (Fsp3) is 0.429. The topological polar surface area (TPSA) is 9.23 Å². The summed E-state index contributed by atoms with van der Waals surface area (Å²) in [6.07, 6.45) is 8.74. The van der Waals surface area contributed by atoms with E-state index in [2.05, 4.69) is 42.5 Å². The molecule has 23 heavy (non-hydrogen) atoms. The first-order valence-corrected chi connectivity index (χ1v) is 9.28. The van der Waals surface area contributed by atoms with Crippen molar-refractivity contribution in [3.63, 3.8) is 0 Å². The molecule has 0 radical (unpaired) electrons. The van der Waals surface area contributed by atoms with Gasteiger partial charge in [0, 0.05) is 5.88 Å². The van der Waals surface area contributed by atoms with Crippen molar-refractivity contribution in [1.29, 1.82) is 0 Å².